The number of hydrogen-bond acceptors (Lipinski definition) is 2. The molecule has 1 saturated heterocycles. The molecule has 12 heavy (non-hydrogen) atoms. The van der Waals surface area contributed by atoms with Crippen LogP contribution in [0, 0.1) is 5.92 Å². The summed E-state index contributed by atoms with van der Waals surface area (Å²) in [5.74, 6) is 0.748. The van der Waals surface area contributed by atoms with Crippen molar-refractivity contribution in [3.05, 3.63) is 0 Å². The molecule has 72 valence electrons. The van der Waals surface area contributed by atoms with Gasteiger partial charge >= 0.3 is 0 Å². The number of ether oxygens (including phenoxy) is 1. The SMILES string of the molecule is FCCCNCC1CCOCC1. The summed E-state index contributed by atoms with van der Waals surface area (Å²) in [7, 11) is 0. The van der Waals surface area contributed by atoms with Crippen LogP contribution in [-0.4, -0.2) is 33.0 Å². The molecule has 0 spiro atoms. The molecule has 1 rings (SSSR count). The lowest BCUT2D eigenvalue weighted by Gasteiger charge is -2.22. The molecule has 1 aliphatic rings. The average molecular weight is 175 g/mol. The van der Waals surface area contributed by atoms with Gasteiger partial charge in [-0.2, -0.15) is 0 Å². The summed E-state index contributed by atoms with van der Waals surface area (Å²) < 4.78 is 16.9. The Morgan fingerprint density at radius 1 is 1.33 bits per heavy atom. The van der Waals surface area contributed by atoms with Gasteiger partial charge in [0.05, 0.1) is 6.67 Å². The van der Waals surface area contributed by atoms with E-state index in [9.17, 15) is 4.39 Å². The summed E-state index contributed by atoms with van der Waals surface area (Å²) >= 11 is 0. The second-order valence-corrected chi connectivity index (χ2v) is 3.30. The molecule has 0 unspecified atom stereocenters. The Kier molecular flexibility index (Phi) is 5.28. The van der Waals surface area contributed by atoms with Crippen molar-refractivity contribution in [1.29, 1.82) is 0 Å². The first-order valence-corrected chi connectivity index (χ1v) is 4.78. The van der Waals surface area contributed by atoms with Gasteiger partial charge in [-0.15, -0.1) is 0 Å². The maximum Gasteiger partial charge on any atom is 0.0906 e. The molecule has 0 aromatic carbocycles. The van der Waals surface area contributed by atoms with Crippen LogP contribution in [0.2, 0.25) is 0 Å². The normalized spacial score (nSPS) is 19.8. The predicted octanol–water partition coefficient (Wildman–Crippen LogP) is 1.36. The van der Waals surface area contributed by atoms with E-state index >= 15 is 0 Å². The third-order valence-corrected chi connectivity index (χ3v) is 2.26. The van der Waals surface area contributed by atoms with Crippen LogP contribution < -0.4 is 5.32 Å². The molecular formula is C9H18FNO. The van der Waals surface area contributed by atoms with E-state index in [1.54, 1.807) is 0 Å². The maximum absolute atomic E-state index is 11.7. The summed E-state index contributed by atoms with van der Waals surface area (Å²) in [4.78, 5) is 0. The Labute approximate surface area is 73.5 Å². The standard InChI is InChI=1S/C9H18FNO/c10-4-1-5-11-8-9-2-6-12-7-3-9/h9,11H,1-8H2. The lowest BCUT2D eigenvalue weighted by atomic mass is 10.0. The van der Waals surface area contributed by atoms with E-state index in [1.165, 1.54) is 0 Å². The van der Waals surface area contributed by atoms with Crippen LogP contribution in [0.3, 0.4) is 0 Å². The highest BCUT2D eigenvalue weighted by Crippen LogP contribution is 2.12. The van der Waals surface area contributed by atoms with E-state index in [4.69, 9.17) is 4.74 Å². The van der Waals surface area contributed by atoms with Crippen molar-refractivity contribution in [2.75, 3.05) is 33.0 Å². The average Bonchev–Trinajstić information content (AvgIpc) is 2.14. The monoisotopic (exact) mass is 175 g/mol. The Morgan fingerprint density at radius 3 is 2.75 bits per heavy atom. The minimum absolute atomic E-state index is 0.208. The number of halogens is 1. The number of nitrogens with one attached hydrogen (secondary N) is 1. The largest absolute Gasteiger partial charge is 0.381 e. The van der Waals surface area contributed by atoms with Crippen molar-refractivity contribution in [2.24, 2.45) is 5.92 Å². The zero-order valence-electron chi connectivity index (χ0n) is 7.52. The van der Waals surface area contributed by atoms with E-state index < -0.39 is 0 Å². The molecule has 1 aliphatic heterocycles. The van der Waals surface area contributed by atoms with Crippen molar-refractivity contribution in [3.63, 3.8) is 0 Å². The fourth-order valence-corrected chi connectivity index (χ4v) is 1.45. The quantitative estimate of drug-likeness (QED) is 0.637. The van der Waals surface area contributed by atoms with Gasteiger partial charge in [-0.25, -0.2) is 0 Å². The molecule has 1 heterocycles. The van der Waals surface area contributed by atoms with Gasteiger partial charge in [-0.05, 0) is 38.3 Å². The Bertz CT molecular complexity index is 105. The van der Waals surface area contributed by atoms with Gasteiger partial charge in [0.25, 0.3) is 0 Å². The molecule has 0 radical (unpaired) electrons. The van der Waals surface area contributed by atoms with Crippen LogP contribution in [0.5, 0.6) is 0 Å². The third kappa shape index (κ3) is 4.02. The van der Waals surface area contributed by atoms with Crippen molar-refractivity contribution in [3.8, 4) is 0 Å². The van der Waals surface area contributed by atoms with E-state index in [0.29, 0.717) is 6.42 Å². The zero-order chi connectivity index (χ0) is 8.65. The summed E-state index contributed by atoms with van der Waals surface area (Å²) in [6.07, 6.45) is 2.95. The Hall–Kier alpha value is -0.150. The molecule has 0 bridgehead atoms. The summed E-state index contributed by atoms with van der Waals surface area (Å²) in [5.41, 5.74) is 0. The van der Waals surface area contributed by atoms with Crippen LogP contribution in [0.4, 0.5) is 4.39 Å². The van der Waals surface area contributed by atoms with E-state index in [-0.39, 0.29) is 6.67 Å². The zero-order valence-corrected chi connectivity index (χ0v) is 7.52. The molecule has 1 N–H and O–H groups in total. The van der Waals surface area contributed by atoms with Crippen molar-refractivity contribution in [1.82, 2.24) is 5.32 Å². The second kappa shape index (κ2) is 6.38. The van der Waals surface area contributed by atoms with Gasteiger partial charge < -0.3 is 10.1 Å². The summed E-state index contributed by atoms with van der Waals surface area (Å²) in [6.45, 7) is 3.43. The minimum atomic E-state index is -0.208. The smallest absolute Gasteiger partial charge is 0.0906 e. The van der Waals surface area contributed by atoms with Crippen molar-refractivity contribution in [2.45, 2.75) is 19.3 Å². The fraction of sp³-hybridized carbons (Fsp3) is 1.00. The van der Waals surface area contributed by atoms with Crippen LogP contribution in [0.15, 0.2) is 0 Å². The van der Waals surface area contributed by atoms with E-state index in [0.717, 1.165) is 45.1 Å². The maximum atomic E-state index is 11.7. The first-order chi connectivity index (χ1) is 5.93. The Morgan fingerprint density at radius 2 is 2.08 bits per heavy atom. The van der Waals surface area contributed by atoms with Crippen LogP contribution >= 0.6 is 0 Å². The van der Waals surface area contributed by atoms with Crippen LogP contribution in [-0.2, 0) is 4.74 Å². The first kappa shape index (κ1) is 9.93. The predicted molar refractivity (Wildman–Crippen MR) is 47.0 cm³/mol. The number of alkyl halides is 1. The van der Waals surface area contributed by atoms with Crippen molar-refractivity contribution >= 4 is 0 Å². The van der Waals surface area contributed by atoms with Gasteiger partial charge in [-0.1, -0.05) is 0 Å². The third-order valence-electron chi connectivity index (χ3n) is 2.26. The van der Waals surface area contributed by atoms with Gasteiger partial charge in [0, 0.05) is 13.2 Å². The molecule has 3 heteroatoms. The lowest BCUT2D eigenvalue weighted by Crippen LogP contribution is -2.28. The Balaban J connectivity index is 1.91. The molecule has 0 aliphatic carbocycles. The summed E-state index contributed by atoms with van der Waals surface area (Å²) in [5, 5.41) is 3.26. The van der Waals surface area contributed by atoms with Gasteiger partial charge in [-0.3, -0.25) is 4.39 Å². The lowest BCUT2D eigenvalue weighted by molar-refractivity contribution is 0.0663. The molecule has 0 saturated carbocycles. The fourth-order valence-electron chi connectivity index (χ4n) is 1.45. The first-order valence-electron chi connectivity index (χ1n) is 4.78. The molecule has 2 nitrogen and oxygen atoms in total. The highest BCUT2D eigenvalue weighted by atomic mass is 19.1. The molecule has 1 fully saturated rings. The van der Waals surface area contributed by atoms with E-state index in [1.807, 2.05) is 0 Å². The highest BCUT2D eigenvalue weighted by Gasteiger charge is 2.12. The summed E-state index contributed by atoms with van der Waals surface area (Å²) in [6, 6.07) is 0. The minimum Gasteiger partial charge on any atom is -0.381 e. The van der Waals surface area contributed by atoms with E-state index in [2.05, 4.69) is 5.32 Å². The van der Waals surface area contributed by atoms with Gasteiger partial charge in [0.1, 0.15) is 0 Å². The number of hydrogen-bond donors (Lipinski definition) is 1. The van der Waals surface area contributed by atoms with Crippen LogP contribution in [0.25, 0.3) is 0 Å². The second-order valence-electron chi connectivity index (χ2n) is 3.30. The molecular weight excluding hydrogens is 157 g/mol. The number of rotatable bonds is 5. The molecule has 0 amide bonds. The van der Waals surface area contributed by atoms with Crippen LogP contribution in [0.1, 0.15) is 19.3 Å². The van der Waals surface area contributed by atoms with Gasteiger partial charge in [0.2, 0.25) is 0 Å². The molecule has 0 atom stereocenters. The molecule has 0 aromatic heterocycles. The molecule has 0 aromatic rings. The van der Waals surface area contributed by atoms with Gasteiger partial charge in [0.15, 0.2) is 0 Å². The van der Waals surface area contributed by atoms with Crippen molar-refractivity contribution < 1.29 is 9.13 Å². The topological polar surface area (TPSA) is 21.3 Å². The highest BCUT2D eigenvalue weighted by molar-refractivity contribution is 4.65.